The molecule has 0 aliphatic heterocycles. The molecule has 0 saturated heterocycles. The minimum absolute atomic E-state index is 0.00293. The molecule has 0 bridgehead atoms. The van der Waals surface area contributed by atoms with Gasteiger partial charge in [0.2, 0.25) is 11.8 Å². The minimum atomic E-state index is -1.15. The van der Waals surface area contributed by atoms with Gasteiger partial charge in [0.25, 0.3) is 0 Å². The number of ketones is 1. The van der Waals surface area contributed by atoms with Crippen molar-refractivity contribution in [1.29, 1.82) is 0 Å². The quantitative estimate of drug-likeness (QED) is 0.378. The minimum Gasteiger partial charge on any atom is -0.480 e. The number of rotatable bonds is 15. The molecule has 1 unspecified atom stereocenters. The van der Waals surface area contributed by atoms with Crippen molar-refractivity contribution in [3.63, 3.8) is 0 Å². The topological polar surface area (TPSA) is 122 Å². The Balaban J connectivity index is 4.28. The molecule has 0 aromatic rings. The third-order valence-corrected chi connectivity index (χ3v) is 4.47. The first kappa shape index (κ1) is 27.0. The highest BCUT2D eigenvalue weighted by atomic mass is 16.5. The van der Waals surface area contributed by atoms with E-state index in [9.17, 15) is 24.3 Å². The zero-order valence-electron chi connectivity index (χ0n) is 18.7. The van der Waals surface area contributed by atoms with Gasteiger partial charge in [-0.1, -0.05) is 20.8 Å². The predicted molar refractivity (Wildman–Crippen MR) is 110 cm³/mol. The Morgan fingerprint density at radius 1 is 0.966 bits per heavy atom. The largest absolute Gasteiger partial charge is 0.480 e. The summed E-state index contributed by atoms with van der Waals surface area (Å²) in [7, 11) is 0. The molecule has 0 saturated carbocycles. The zero-order chi connectivity index (χ0) is 22.6. The van der Waals surface area contributed by atoms with Crippen molar-refractivity contribution in [3.8, 4) is 0 Å². The molecule has 0 spiro atoms. The van der Waals surface area contributed by atoms with Gasteiger partial charge in [0.1, 0.15) is 11.8 Å². The molecule has 2 atom stereocenters. The number of carboxylic acid groups (broad SMARTS) is 1. The number of aliphatic carboxylic acids is 1. The van der Waals surface area contributed by atoms with Crippen LogP contribution < -0.4 is 10.6 Å². The van der Waals surface area contributed by atoms with Gasteiger partial charge in [-0.15, -0.1) is 0 Å². The Kier molecular flexibility index (Phi) is 12.4. The molecule has 0 aliphatic rings. The third kappa shape index (κ3) is 13.0. The number of ether oxygens (including phenoxy) is 1. The number of carbonyl (C=O) groups is 4. The molecule has 0 heterocycles. The fourth-order valence-electron chi connectivity index (χ4n) is 2.63. The van der Waals surface area contributed by atoms with Crippen LogP contribution in [0.4, 0.5) is 0 Å². The molecule has 168 valence electrons. The fourth-order valence-corrected chi connectivity index (χ4v) is 2.63. The van der Waals surface area contributed by atoms with Crippen LogP contribution in [0, 0.1) is 5.92 Å². The monoisotopic (exact) mass is 414 g/mol. The predicted octanol–water partition coefficient (Wildman–Crippen LogP) is 2.44. The highest BCUT2D eigenvalue weighted by Gasteiger charge is 2.24. The number of carbonyl (C=O) groups excluding carboxylic acids is 3. The van der Waals surface area contributed by atoms with Gasteiger partial charge in [-0.3, -0.25) is 14.4 Å². The van der Waals surface area contributed by atoms with Crippen molar-refractivity contribution in [1.82, 2.24) is 10.6 Å². The van der Waals surface area contributed by atoms with Crippen molar-refractivity contribution in [2.24, 2.45) is 5.92 Å². The van der Waals surface area contributed by atoms with Gasteiger partial charge < -0.3 is 20.5 Å². The van der Waals surface area contributed by atoms with E-state index in [4.69, 9.17) is 4.74 Å². The van der Waals surface area contributed by atoms with E-state index in [1.165, 1.54) is 0 Å². The Hall–Kier alpha value is -1.96. The van der Waals surface area contributed by atoms with Crippen LogP contribution in [0.15, 0.2) is 0 Å². The molecule has 3 N–H and O–H groups in total. The lowest BCUT2D eigenvalue weighted by Gasteiger charge is -2.26. The second-order valence-electron chi connectivity index (χ2n) is 8.41. The first-order valence-electron chi connectivity index (χ1n) is 10.4. The van der Waals surface area contributed by atoms with Gasteiger partial charge in [-0.2, -0.15) is 0 Å². The maximum Gasteiger partial charge on any atom is 0.326 e. The number of hydrogen-bond acceptors (Lipinski definition) is 5. The van der Waals surface area contributed by atoms with Gasteiger partial charge in [-0.05, 0) is 40.0 Å². The summed E-state index contributed by atoms with van der Waals surface area (Å²) < 4.78 is 5.80. The van der Waals surface area contributed by atoms with E-state index in [2.05, 4.69) is 10.6 Å². The maximum absolute atomic E-state index is 12.1. The van der Waals surface area contributed by atoms with E-state index < -0.39 is 17.6 Å². The number of amides is 2. The van der Waals surface area contributed by atoms with Gasteiger partial charge >= 0.3 is 5.97 Å². The average molecular weight is 415 g/mol. The second kappa shape index (κ2) is 13.3. The van der Waals surface area contributed by atoms with Crippen molar-refractivity contribution in [3.05, 3.63) is 0 Å². The summed E-state index contributed by atoms with van der Waals surface area (Å²) in [6.45, 7) is 11.5. The molecule has 0 rings (SSSR count). The second-order valence-corrected chi connectivity index (χ2v) is 8.41. The van der Waals surface area contributed by atoms with Crippen LogP contribution in [-0.2, 0) is 23.9 Å². The Morgan fingerprint density at radius 2 is 1.55 bits per heavy atom. The highest BCUT2D eigenvalue weighted by molar-refractivity contribution is 5.84. The summed E-state index contributed by atoms with van der Waals surface area (Å²) in [4.78, 5) is 46.8. The van der Waals surface area contributed by atoms with Gasteiger partial charge in [-0.25, -0.2) is 4.79 Å². The van der Waals surface area contributed by atoms with Crippen molar-refractivity contribution < 1.29 is 29.0 Å². The van der Waals surface area contributed by atoms with E-state index in [1.807, 2.05) is 41.5 Å². The van der Waals surface area contributed by atoms with Crippen molar-refractivity contribution in [2.45, 2.75) is 97.8 Å². The molecule has 0 aromatic carbocycles. The van der Waals surface area contributed by atoms with Gasteiger partial charge in [0.05, 0.1) is 5.60 Å². The van der Waals surface area contributed by atoms with Crippen LogP contribution in [0.2, 0.25) is 0 Å². The normalized spacial score (nSPS) is 13.6. The molecule has 0 aromatic heterocycles. The molecule has 8 heteroatoms. The molecular weight excluding hydrogens is 376 g/mol. The lowest BCUT2D eigenvalue weighted by atomic mass is 9.95. The van der Waals surface area contributed by atoms with Gasteiger partial charge in [0, 0.05) is 37.8 Å². The van der Waals surface area contributed by atoms with E-state index in [-0.39, 0.29) is 48.8 Å². The number of hydrogen-bond donors (Lipinski definition) is 3. The molecule has 29 heavy (non-hydrogen) atoms. The van der Waals surface area contributed by atoms with Crippen LogP contribution >= 0.6 is 0 Å². The molecular formula is C21H38N2O6. The summed E-state index contributed by atoms with van der Waals surface area (Å²) >= 11 is 0. The molecule has 2 amide bonds. The Bertz CT molecular complexity index is 559. The SMILES string of the molecule is CCCC(=O)N[C@@H](CCC(=O)NC(C)CCOC(C)(C)CC(=O)C(C)C)C(=O)O. The summed E-state index contributed by atoms with van der Waals surface area (Å²) in [5.74, 6) is -1.64. The van der Waals surface area contributed by atoms with Crippen molar-refractivity contribution >= 4 is 23.6 Å². The third-order valence-electron chi connectivity index (χ3n) is 4.47. The van der Waals surface area contributed by atoms with Gasteiger partial charge in [0.15, 0.2) is 0 Å². The maximum atomic E-state index is 12.1. The first-order valence-corrected chi connectivity index (χ1v) is 10.4. The van der Waals surface area contributed by atoms with E-state index in [0.717, 1.165) is 0 Å². The zero-order valence-corrected chi connectivity index (χ0v) is 18.7. The lowest BCUT2D eigenvalue weighted by Crippen LogP contribution is -2.42. The van der Waals surface area contributed by atoms with Crippen LogP contribution in [-0.4, -0.2) is 53.0 Å². The lowest BCUT2D eigenvalue weighted by molar-refractivity contribution is -0.142. The van der Waals surface area contributed by atoms with Crippen LogP contribution in [0.25, 0.3) is 0 Å². The number of Topliss-reactive ketones (excluding diaryl/α,β-unsaturated/α-hetero) is 1. The number of nitrogens with one attached hydrogen (secondary N) is 2. The Labute approximate surface area is 174 Å². The summed E-state index contributed by atoms with van der Waals surface area (Å²) in [5, 5.41) is 14.4. The summed E-state index contributed by atoms with van der Waals surface area (Å²) in [5.41, 5.74) is -0.559. The summed E-state index contributed by atoms with van der Waals surface area (Å²) in [6.07, 6.45) is 1.83. The average Bonchev–Trinajstić information content (AvgIpc) is 2.57. The van der Waals surface area contributed by atoms with Crippen LogP contribution in [0.5, 0.6) is 0 Å². The fraction of sp³-hybridized carbons (Fsp3) is 0.810. The number of carboxylic acids is 1. The molecule has 0 fully saturated rings. The molecule has 8 nitrogen and oxygen atoms in total. The first-order chi connectivity index (χ1) is 13.4. The molecule has 0 aliphatic carbocycles. The van der Waals surface area contributed by atoms with E-state index >= 15 is 0 Å². The van der Waals surface area contributed by atoms with Crippen LogP contribution in [0.1, 0.15) is 80.1 Å². The molecule has 0 radical (unpaired) electrons. The van der Waals surface area contributed by atoms with Crippen molar-refractivity contribution in [2.75, 3.05) is 6.61 Å². The smallest absolute Gasteiger partial charge is 0.326 e. The standard InChI is InChI=1S/C21H38N2O6/c1-7-8-18(25)23-16(20(27)28)9-10-19(26)22-15(4)11-12-29-21(5,6)13-17(24)14(2)3/h14-16H,7-13H2,1-6H3,(H,22,26)(H,23,25)(H,27,28)/t15?,16-/m0/s1. The Morgan fingerprint density at radius 3 is 2.07 bits per heavy atom. The highest BCUT2D eigenvalue weighted by Crippen LogP contribution is 2.18. The van der Waals surface area contributed by atoms with E-state index in [0.29, 0.717) is 25.9 Å². The summed E-state index contributed by atoms with van der Waals surface area (Å²) in [6, 6.07) is -1.23. The van der Waals surface area contributed by atoms with Crippen LogP contribution in [0.3, 0.4) is 0 Å². The van der Waals surface area contributed by atoms with E-state index in [1.54, 1.807) is 0 Å².